The van der Waals surface area contributed by atoms with Gasteiger partial charge in [0.25, 0.3) is 5.91 Å². The van der Waals surface area contributed by atoms with Gasteiger partial charge in [-0.05, 0) is 60.7 Å². The molecule has 0 bridgehead atoms. The smallest absolute Gasteiger partial charge is 0.328 e. The zero-order chi connectivity index (χ0) is 22.2. The van der Waals surface area contributed by atoms with Crippen LogP contribution in [0.15, 0.2) is 48.5 Å². The van der Waals surface area contributed by atoms with E-state index in [-0.39, 0.29) is 11.8 Å². The maximum absolute atomic E-state index is 12.6. The van der Waals surface area contributed by atoms with Gasteiger partial charge in [-0.3, -0.25) is 4.79 Å². The summed E-state index contributed by atoms with van der Waals surface area (Å²) in [7, 11) is 1.33. The van der Waals surface area contributed by atoms with Crippen molar-refractivity contribution in [3.05, 3.63) is 70.8 Å². The molecule has 0 spiro atoms. The van der Waals surface area contributed by atoms with Crippen LogP contribution in [-0.2, 0) is 20.9 Å². The standard InChI is InChI=1S/C26H29NO4/c1-4-18(2)24(26(29)30-3)27-25(28)22-13-11-20(12-14-22)6-5-19-7-9-21(10-8-19)17-31-23-15-16-23/h7-14,18,23-24H,4,15-17H2,1-3H3,(H,27,28)/t18-,24-/m0/s1. The Hall–Kier alpha value is -3.10. The Morgan fingerprint density at radius 1 is 1.03 bits per heavy atom. The lowest BCUT2D eigenvalue weighted by Gasteiger charge is -2.21. The first-order chi connectivity index (χ1) is 15.0. The Morgan fingerprint density at radius 3 is 2.13 bits per heavy atom. The first kappa shape index (κ1) is 22.6. The average molecular weight is 420 g/mol. The molecule has 0 aromatic heterocycles. The zero-order valence-electron chi connectivity index (χ0n) is 18.3. The van der Waals surface area contributed by atoms with Crippen molar-refractivity contribution in [3.8, 4) is 11.8 Å². The molecule has 0 heterocycles. The van der Waals surface area contributed by atoms with E-state index < -0.39 is 12.0 Å². The summed E-state index contributed by atoms with van der Waals surface area (Å²) in [5.41, 5.74) is 3.36. The summed E-state index contributed by atoms with van der Waals surface area (Å²) in [5.74, 6) is 5.49. The van der Waals surface area contributed by atoms with Gasteiger partial charge in [0.05, 0.1) is 19.8 Å². The van der Waals surface area contributed by atoms with E-state index in [4.69, 9.17) is 9.47 Å². The molecule has 31 heavy (non-hydrogen) atoms. The Morgan fingerprint density at radius 2 is 1.61 bits per heavy atom. The summed E-state index contributed by atoms with van der Waals surface area (Å²) < 4.78 is 10.5. The maximum Gasteiger partial charge on any atom is 0.328 e. The summed E-state index contributed by atoms with van der Waals surface area (Å²) in [6, 6.07) is 14.4. The Kier molecular flexibility index (Phi) is 7.86. The fourth-order valence-electron chi connectivity index (χ4n) is 3.00. The molecule has 5 heteroatoms. The number of nitrogens with one attached hydrogen (secondary N) is 1. The van der Waals surface area contributed by atoms with Gasteiger partial charge >= 0.3 is 5.97 Å². The second-order valence-corrected chi connectivity index (χ2v) is 7.89. The van der Waals surface area contributed by atoms with Gasteiger partial charge in [-0.1, -0.05) is 44.2 Å². The molecule has 0 aliphatic heterocycles. The van der Waals surface area contributed by atoms with Crippen molar-refractivity contribution in [2.24, 2.45) is 5.92 Å². The number of carbonyl (C=O) groups is 2. The number of methoxy groups -OCH3 is 1. The van der Waals surface area contributed by atoms with E-state index in [2.05, 4.69) is 17.2 Å². The minimum Gasteiger partial charge on any atom is -0.467 e. The normalized spacial score (nSPS) is 14.7. The first-order valence-corrected chi connectivity index (χ1v) is 10.7. The molecule has 1 aliphatic carbocycles. The van der Waals surface area contributed by atoms with Crippen molar-refractivity contribution in [1.82, 2.24) is 5.32 Å². The van der Waals surface area contributed by atoms with E-state index in [0.717, 1.165) is 23.1 Å². The van der Waals surface area contributed by atoms with Crippen LogP contribution in [-0.4, -0.2) is 31.1 Å². The van der Waals surface area contributed by atoms with E-state index in [1.165, 1.54) is 20.0 Å². The summed E-state index contributed by atoms with van der Waals surface area (Å²) in [5, 5.41) is 2.78. The minimum absolute atomic E-state index is 0.0202. The molecule has 1 saturated carbocycles. The molecule has 0 radical (unpaired) electrons. The molecule has 2 atom stereocenters. The van der Waals surface area contributed by atoms with Gasteiger partial charge < -0.3 is 14.8 Å². The largest absolute Gasteiger partial charge is 0.467 e. The van der Waals surface area contributed by atoms with Gasteiger partial charge in [0, 0.05) is 16.7 Å². The van der Waals surface area contributed by atoms with Crippen molar-refractivity contribution in [3.63, 3.8) is 0 Å². The second kappa shape index (κ2) is 10.8. The SMILES string of the molecule is CC[C@H](C)[C@H](NC(=O)c1ccc(C#Cc2ccc(COC3CC3)cc2)cc1)C(=O)OC. The van der Waals surface area contributed by atoms with Gasteiger partial charge in [-0.15, -0.1) is 0 Å². The summed E-state index contributed by atoms with van der Waals surface area (Å²) in [6.45, 7) is 4.53. The predicted octanol–water partition coefficient (Wildman–Crippen LogP) is 4.08. The Labute approximate surface area is 184 Å². The molecule has 0 unspecified atom stereocenters. The van der Waals surface area contributed by atoms with Gasteiger partial charge in [0.15, 0.2) is 0 Å². The number of amides is 1. The van der Waals surface area contributed by atoms with Crippen LogP contribution in [0.4, 0.5) is 0 Å². The van der Waals surface area contributed by atoms with Gasteiger partial charge in [0.1, 0.15) is 6.04 Å². The fraction of sp³-hybridized carbons (Fsp3) is 0.385. The molecule has 2 aromatic carbocycles. The van der Waals surface area contributed by atoms with Crippen LogP contribution in [0.1, 0.15) is 60.2 Å². The number of benzene rings is 2. The monoisotopic (exact) mass is 419 g/mol. The van der Waals surface area contributed by atoms with Crippen molar-refractivity contribution < 1.29 is 19.1 Å². The van der Waals surface area contributed by atoms with E-state index in [1.54, 1.807) is 24.3 Å². The number of hydrogen-bond donors (Lipinski definition) is 1. The first-order valence-electron chi connectivity index (χ1n) is 10.7. The Bertz CT molecular complexity index is 950. The number of esters is 1. The molecule has 1 N–H and O–H groups in total. The molecule has 1 fully saturated rings. The second-order valence-electron chi connectivity index (χ2n) is 7.89. The van der Waals surface area contributed by atoms with Crippen molar-refractivity contribution >= 4 is 11.9 Å². The molecule has 2 aromatic rings. The highest BCUT2D eigenvalue weighted by atomic mass is 16.5. The summed E-state index contributed by atoms with van der Waals surface area (Å²) >= 11 is 0. The topological polar surface area (TPSA) is 64.6 Å². The highest BCUT2D eigenvalue weighted by Crippen LogP contribution is 2.24. The summed E-state index contributed by atoms with van der Waals surface area (Å²) in [6.07, 6.45) is 3.55. The van der Waals surface area contributed by atoms with Crippen LogP contribution < -0.4 is 5.32 Å². The Balaban J connectivity index is 1.59. The number of rotatable bonds is 8. The molecule has 1 aliphatic rings. The minimum atomic E-state index is -0.667. The van der Waals surface area contributed by atoms with Crippen LogP contribution in [0.5, 0.6) is 0 Å². The highest BCUT2D eigenvalue weighted by molar-refractivity contribution is 5.96. The third-order valence-corrected chi connectivity index (χ3v) is 5.42. The lowest BCUT2D eigenvalue weighted by molar-refractivity contribution is -0.144. The molecular weight excluding hydrogens is 390 g/mol. The van der Waals surface area contributed by atoms with Crippen LogP contribution in [0.25, 0.3) is 0 Å². The van der Waals surface area contributed by atoms with Crippen LogP contribution in [0, 0.1) is 17.8 Å². The van der Waals surface area contributed by atoms with Crippen LogP contribution in [0.3, 0.4) is 0 Å². The fourth-order valence-corrected chi connectivity index (χ4v) is 3.00. The molecule has 162 valence electrons. The van der Waals surface area contributed by atoms with Crippen LogP contribution in [0.2, 0.25) is 0 Å². The van der Waals surface area contributed by atoms with Gasteiger partial charge in [0.2, 0.25) is 0 Å². The lowest BCUT2D eigenvalue weighted by atomic mass is 9.98. The van der Waals surface area contributed by atoms with E-state index in [1.807, 2.05) is 38.1 Å². The summed E-state index contributed by atoms with van der Waals surface area (Å²) in [4.78, 5) is 24.5. The van der Waals surface area contributed by atoms with Crippen molar-refractivity contribution in [2.45, 2.75) is 51.9 Å². The average Bonchev–Trinajstić information content (AvgIpc) is 3.64. The van der Waals surface area contributed by atoms with Gasteiger partial charge in [-0.2, -0.15) is 0 Å². The zero-order valence-corrected chi connectivity index (χ0v) is 18.3. The molecule has 3 rings (SSSR count). The maximum atomic E-state index is 12.6. The molecule has 1 amide bonds. The predicted molar refractivity (Wildman–Crippen MR) is 119 cm³/mol. The van der Waals surface area contributed by atoms with E-state index in [0.29, 0.717) is 18.3 Å². The molecule has 0 saturated heterocycles. The highest BCUT2D eigenvalue weighted by Gasteiger charge is 2.27. The number of ether oxygens (including phenoxy) is 2. The number of hydrogen-bond acceptors (Lipinski definition) is 4. The van der Waals surface area contributed by atoms with Crippen molar-refractivity contribution in [2.75, 3.05) is 7.11 Å². The molecular formula is C26H29NO4. The number of carbonyl (C=O) groups excluding carboxylic acids is 2. The quantitative estimate of drug-likeness (QED) is 0.517. The third-order valence-electron chi connectivity index (χ3n) is 5.42. The van der Waals surface area contributed by atoms with E-state index in [9.17, 15) is 9.59 Å². The van der Waals surface area contributed by atoms with Crippen molar-refractivity contribution in [1.29, 1.82) is 0 Å². The van der Waals surface area contributed by atoms with Gasteiger partial charge in [-0.25, -0.2) is 4.79 Å². The van der Waals surface area contributed by atoms with Crippen LogP contribution >= 0.6 is 0 Å². The van der Waals surface area contributed by atoms with E-state index >= 15 is 0 Å². The molecule has 5 nitrogen and oxygen atoms in total. The third kappa shape index (κ3) is 6.70. The lowest BCUT2D eigenvalue weighted by Crippen LogP contribution is -2.45.